The number of aliphatic hydroxyl groups excluding tert-OH is 2. The quantitative estimate of drug-likeness (QED) is 0.0467. The average Bonchev–Trinajstić information content (AvgIpc) is 2.93. The molecule has 0 fully saturated rings. The van der Waals surface area contributed by atoms with Crippen LogP contribution in [0.4, 0.5) is 0 Å². The maximum atomic E-state index is 11.9. The zero-order valence-electron chi connectivity index (χ0n) is 25.0. The van der Waals surface area contributed by atoms with Crippen LogP contribution in [-0.4, -0.2) is 47.6 Å². The standard InChI is InChI=1S/C33H58O6/c1-3-5-7-9-11-12-14-18-22-26-32(36)38-28-31(35)29-39-33(37)27-23-19-15-17-21-25-30(34)24-20-16-13-10-8-6-4-2/h6,8,13,16,20,24,30-31,34-35H,3-5,7,9-12,14-15,17-19,21-23,25-29H2,1-2H3/b8-6+,16-13+,24-20+/t30?,31-/m0/s1. The summed E-state index contributed by atoms with van der Waals surface area (Å²) in [5, 5.41) is 19.9. The summed E-state index contributed by atoms with van der Waals surface area (Å²) in [7, 11) is 0. The molecule has 226 valence electrons. The molecule has 6 heteroatoms. The lowest BCUT2D eigenvalue weighted by molar-refractivity contribution is -0.152. The van der Waals surface area contributed by atoms with Gasteiger partial charge in [-0.3, -0.25) is 9.59 Å². The number of unbranched alkanes of at least 4 members (excludes halogenated alkanes) is 12. The Bertz CT molecular complexity index is 655. The lowest BCUT2D eigenvalue weighted by Crippen LogP contribution is -2.25. The number of allylic oxidation sites excluding steroid dienone is 5. The van der Waals surface area contributed by atoms with Crippen molar-refractivity contribution in [3.05, 3.63) is 36.5 Å². The highest BCUT2D eigenvalue weighted by atomic mass is 16.6. The first-order chi connectivity index (χ1) is 19.0. The summed E-state index contributed by atoms with van der Waals surface area (Å²) in [6.07, 6.45) is 29.3. The van der Waals surface area contributed by atoms with E-state index in [1.165, 1.54) is 38.5 Å². The molecule has 1 unspecified atom stereocenters. The van der Waals surface area contributed by atoms with E-state index in [4.69, 9.17) is 9.47 Å². The molecule has 0 aromatic rings. The number of hydrogen-bond acceptors (Lipinski definition) is 6. The fourth-order valence-electron chi connectivity index (χ4n) is 4.09. The van der Waals surface area contributed by atoms with Gasteiger partial charge in [0.15, 0.2) is 0 Å². The van der Waals surface area contributed by atoms with E-state index < -0.39 is 12.2 Å². The minimum Gasteiger partial charge on any atom is -0.463 e. The number of carbonyl (C=O) groups is 2. The van der Waals surface area contributed by atoms with E-state index in [0.717, 1.165) is 70.6 Å². The molecular weight excluding hydrogens is 492 g/mol. The molecule has 0 bridgehead atoms. The average molecular weight is 551 g/mol. The second-order valence-electron chi connectivity index (χ2n) is 10.4. The highest BCUT2D eigenvalue weighted by Gasteiger charge is 2.12. The third-order valence-electron chi connectivity index (χ3n) is 6.49. The summed E-state index contributed by atoms with van der Waals surface area (Å²) >= 11 is 0. The van der Waals surface area contributed by atoms with Crippen molar-refractivity contribution in [1.82, 2.24) is 0 Å². The van der Waals surface area contributed by atoms with E-state index in [9.17, 15) is 19.8 Å². The third kappa shape index (κ3) is 28.9. The van der Waals surface area contributed by atoms with Crippen LogP contribution < -0.4 is 0 Å². The van der Waals surface area contributed by atoms with Crippen molar-refractivity contribution >= 4 is 11.9 Å². The van der Waals surface area contributed by atoms with Crippen molar-refractivity contribution in [3.63, 3.8) is 0 Å². The van der Waals surface area contributed by atoms with Crippen molar-refractivity contribution in [3.8, 4) is 0 Å². The zero-order chi connectivity index (χ0) is 28.8. The first-order valence-corrected chi connectivity index (χ1v) is 15.6. The molecule has 0 aromatic heterocycles. The van der Waals surface area contributed by atoms with Gasteiger partial charge in [0.25, 0.3) is 0 Å². The van der Waals surface area contributed by atoms with Crippen molar-refractivity contribution < 1.29 is 29.3 Å². The van der Waals surface area contributed by atoms with Gasteiger partial charge in [0.05, 0.1) is 6.10 Å². The highest BCUT2D eigenvalue weighted by Crippen LogP contribution is 2.12. The van der Waals surface area contributed by atoms with Gasteiger partial charge in [-0.1, -0.05) is 127 Å². The van der Waals surface area contributed by atoms with Crippen molar-refractivity contribution in [2.75, 3.05) is 13.2 Å². The van der Waals surface area contributed by atoms with Gasteiger partial charge < -0.3 is 19.7 Å². The Balaban J connectivity index is 3.58. The lowest BCUT2D eigenvalue weighted by atomic mass is 10.1. The topological polar surface area (TPSA) is 93.1 Å². The Kier molecular flexibility index (Phi) is 27.6. The van der Waals surface area contributed by atoms with Crippen LogP contribution in [0.3, 0.4) is 0 Å². The van der Waals surface area contributed by atoms with Crippen molar-refractivity contribution in [1.29, 1.82) is 0 Å². The maximum Gasteiger partial charge on any atom is 0.305 e. The van der Waals surface area contributed by atoms with Crippen LogP contribution >= 0.6 is 0 Å². The molecule has 6 nitrogen and oxygen atoms in total. The van der Waals surface area contributed by atoms with Gasteiger partial charge >= 0.3 is 11.9 Å². The Labute approximate surface area is 238 Å². The molecule has 0 aromatic carbocycles. The van der Waals surface area contributed by atoms with Gasteiger partial charge in [0.1, 0.15) is 19.3 Å². The Morgan fingerprint density at radius 2 is 1.15 bits per heavy atom. The first kappa shape index (κ1) is 37.1. The Morgan fingerprint density at radius 3 is 1.69 bits per heavy atom. The number of aliphatic hydroxyl groups is 2. The number of hydrogen-bond donors (Lipinski definition) is 2. The van der Waals surface area contributed by atoms with E-state index in [1.54, 1.807) is 0 Å². The fraction of sp³-hybridized carbons (Fsp3) is 0.758. The van der Waals surface area contributed by atoms with Crippen LogP contribution in [-0.2, 0) is 19.1 Å². The molecule has 0 spiro atoms. The molecular formula is C33H58O6. The second kappa shape index (κ2) is 29.1. The molecule has 2 atom stereocenters. The van der Waals surface area contributed by atoms with Gasteiger partial charge in [0, 0.05) is 12.8 Å². The molecule has 39 heavy (non-hydrogen) atoms. The summed E-state index contributed by atoms with van der Waals surface area (Å²) in [5.41, 5.74) is 0. The van der Waals surface area contributed by atoms with E-state index in [-0.39, 0.29) is 25.2 Å². The van der Waals surface area contributed by atoms with Crippen LogP contribution in [0.2, 0.25) is 0 Å². The van der Waals surface area contributed by atoms with Gasteiger partial charge in [-0.25, -0.2) is 0 Å². The monoisotopic (exact) mass is 550 g/mol. The molecule has 2 N–H and O–H groups in total. The van der Waals surface area contributed by atoms with Crippen LogP contribution in [0.1, 0.15) is 136 Å². The SMILES string of the molecule is CC/C=C/C/C=C/C=C/C(O)CCCCCCCC(=O)OC[C@@H](O)COC(=O)CCCCCCCCCCC. The fourth-order valence-corrected chi connectivity index (χ4v) is 4.09. The summed E-state index contributed by atoms with van der Waals surface area (Å²) in [6, 6.07) is 0. The predicted molar refractivity (Wildman–Crippen MR) is 160 cm³/mol. The molecule has 0 saturated heterocycles. The highest BCUT2D eigenvalue weighted by molar-refractivity contribution is 5.69. The summed E-state index contributed by atoms with van der Waals surface area (Å²) in [5.74, 6) is -0.645. The molecule has 0 aliphatic carbocycles. The predicted octanol–water partition coefficient (Wildman–Crippen LogP) is 7.91. The molecule has 0 radical (unpaired) electrons. The minimum absolute atomic E-state index is 0.142. The largest absolute Gasteiger partial charge is 0.463 e. The Hall–Kier alpha value is -1.92. The van der Waals surface area contributed by atoms with E-state index in [0.29, 0.717) is 12.8 Å². The van der Waals surface area contributed by atoms with E-state index in [2.05, 4.69) is 32.1 Å². The van der Waals surface area contributed by atoms with Crippen LogP contribution in [0.25, 0.3) is 0 Å². The molecule has 0 heterocycles. The van der Waals surface area contributed by atoms with Gasteiger partial charge in [-0.15, -0.1) is 0 Å². The summed E-state index contributed by atoms with van der Waals surface area (Å²) in [4.78, 5) is 23.7. The van der Waals surface area contributed by atoms with Crippen molar-refractivity contribution in [2.24, 2.45) is 0 Å². The van der Waals surface area contributed by atoms with Gasteiger partial charge in [-0.05, 0) is 32.1 Å². The molecule has 0 saturated carbocycles. The molecule has 0 aliphatic heterocycles. The van der Waals surface area contributed by atoms with E-state index >= 15 is 0 Å². The maximum absolute atomic E-state index is 11.9. The Morgan fingerprint density at radius 1 is 0.641 bits per heavy atom. The lowest BCUT2D eigenvalue weighted by Gasteiger charge is -2.12. The van der Waals surface area contributed by atoms with E-state index in [1.807, 2.05) is 18.2 Å². The number of ether oxygens (including phenoxy) is 2. The number of esters is 2. The summed E-state index contributed by atoms with van der Waals surface area (Å²) < 4.78 is 10.2. The van der Waals surface area contributed by atoms with Crippen LogP contribution in [0.5, 0.6) is 0 Å². The normalized spacial score (nSPS) is 13.4. The van der Waals surface area contributed by atoms with Crippen LogP contribution in [0.15, 0.2) is 36.5 Å². The second-order valence-corrected chi connectivity index (χ2v) is 10.4. The smallest absolute Gasteiger partial charge is 0.305 e. The molecule has 0 amide bonds. The van der Waals surface area contributed by atoms with Gasteiger partial charge in [0.2, 0.25) is 0 Å². The van der Waals surface area contributed by atoms with Crippen LogP contribution in [0, 0.1) is 0 Å². The molecule has 0 aliphatic rings. The number of rotatable bonds is 27. The zero-order valence-corrected chi connectivity index (χ0v) is 25.0. The van der Waals surface area contributed by atoms with Crippen molar-refractivity contribution in [2.45, 2.75) is 148 Å². The number of carbonyl (C=O) groups excluding carboxylic acids is 2. The first-order valence-electron chi connectivity index (χ1n) is 15.6. The summed E-state index contributed by atoms with van der Waals surface area (Å²) in [6.45, 7) is 4.04. The third-order valence-corrected chi connectivity index (χ3v) is 6.49. The minimum atomic E-state index is -0.991. The van der Waals surface area contributed by atoms with Gasteiger partial charge in [-0.2, -0.15) is 0 Å². The molecule has 0 rings (SSSR count).